The molecule has 9 heavy (non-hydrogen) atoms. The lowest BCUT2D eigenvalue weighted by atomic mass is 10.3. The standard InChI is InChI=1S/C5H11N3O/c9-4-5-3-8-7-2-1-6-5/h4-8H,1-3H2. The minimum atomic E-state index is -0.0278. The summed E-state index contributed by atoms with van der Waals surface area (Å²) in [4.78, 5) is 10.2. The molecule has 0 amide bonds. The molecule has 0 saturated carbocycles. The Morgan fingerprint density at radius 3 is 3.00 bits per heavy atom. The fourth-order valence-electron chi connectivity index (χ4n) is 0.759. The monoisotopic (exact) mass is 129 g/mol. The van der Waals surface area contributed by atoms with Gasteiger partial charge in [-0.2, -0.15) is 0 Å². The Labute approximate surface area is 54.0 Å². The van der Waals surface area contributed by atoms with Gasteiger partial charge in [0, 0.05) is 19.6 Å². The zero-order chi connectivity index (χ0) is 6.53. The van der Waals surface area contributed by atoms with Crippen LogP contribution in [0.4, 0.5) is 0 Å². The van der Waals surface area contributed by atoms with E-state index in [4.69, 9.17) is 0 Å². The normalized spacial score (nSPS) is 29.1. The van der Waals surface area contributed by atoms with Crippen molar-refractivity contribution in [2.75, 3.05) is 19.6 Å². The average Bonchev–Trinajstić information content (AvgIpc) is 2.13. The van der Waals surface area contributed by atoms with E-state index in [1.54, 1.807) is 0 Å². The molecular formula is C5H11N3O. The summed E-state index contributed by atoms with van der Waals surface area (Å²) in [5.74, 6) is 0. The van der Waals surface area contributed by atoms with Gasteiger partial charge in [0.05, 0.1) is 6.04 Å². The van der Waals surface area contributed by atoms with Crippen molar-refractivity contribution in [3.63, 3.8) is 0 Å². The molecule has 1 rings (SSSR count). The first-order valence-corrected chi connectivity index (χ1v) is 3.08. The van der Waals surface area contributed by atoms with Gasteiger partial charge in [0.1, 0.15) is 6.29 Å². The van der Waals surface area contributed by atoms with E-state index in [0.717, 1.165) is 19.4 Å². The Hall–Kier alpha value is -0.450. The molecule has 1 fully saturated rings. The molecule has 0 aromatic rings. The van der Waals surface area contributed by atoms with Crippen molar-refractivity contribution in [2.45, 2.75) is 6.04 Å². The molecule has 52 valence electrons. The van der Waals surface area contributed by atoms with Gasteiger partial charge in [0.15, 0.2) is 0 Å². The van der Waals surface area contributed by atoms with Gasteiger partial charge in [-0.3, -0.25) is 10.9 Å². The Kier molecular flexibility index (Phi) is 2.63. The van der Waals surface area contributed by atoms with Gasteiger partial charge in [0.2, 0.25) is 0 Å². The van der Waals surface area contributed by atoms with Crippen LogP contribution in [0.3, 0.4) is 0 Å². The summed E-state index contributed by atoms with van der Waals surface area (Å²) in [6.45, 7) is 2.38. The molecule has 0 aromatic carbocycles. The highest BCUT2D eigenvalue weighted by Gasteiger charge is 2.07. The van der Waals surface area contributed by atoms with E-state index in [1.807, 2.05) is 0 Å². The van der Waals surface area contributed by atoms with E-state index < -0.39 is 0 Å². The van der Waals surface area contributed by atoms with E-state index in [-0.39, 0.29) is 6.04 Å². The van der Waals surface area contributed by atoms with Gasteiger partial charge in [0.25, 0.3) is 0 Å². The molecule has 1 aliphatic heterocycles. The first-order chi connectivity index (χ1) is 4.43. The zero-order valence-electron chi connectivity index (χ0n) is 5.18. The maximum Gasteiger partial charge on any atom is 0.138 e. The topological polar surface area (TPSA) is 53.2 Å². The van der Waals surface area contributed by atoms with Crippen LogP contribution in [0.25, 0.3) is 0 Å². The van der Waals surface area contributed by atoms with Crippen molar-refractivity contribution < 1.29 is 4.79 Å². The van der Waals surface area contributed by atoms with Crippen molar-refractivity contribution in [1.82, 2.24) is 16.2 Å². The van der Waals surface area contributed by atoms with Crippen LogP contribution in [0.1, 0.15) is 0 Å². The molecule has 0 bridgehead atoms. The van der Waals surface area contributed by atoms with Crippen LogP contribution >= 0.6 is 0 Å². The summed E-state index contributed by atoms with van der Waals surface area (Å²) in [5.41, 5.74) is 5.84. The van der Waals surface area contributed by atoms with Crippen LogP contribution in [0.2, 0.25) is 0 Å². The molecule has 1 unspecified atom stereocenters. The quantitative estimate of drug-likeness (QED) is 0.368. The first-order valence-electron chi connectivity index (χ1n) is 3.08. The lowest BCUT2D eigenvalue weighted by Crippen LogP contribution is -2.38. The predicted octanol–water partition coefficient (Wildman–Crippen LogP) is -1.75. The highest BCUT2D eigenvalue weighted by atomic mass is 16.1. The summed E-state index contributed by atoms with van der Waals surface area (Å²) in [5, 5.41) is 3.04. The van der Waals surface area contributed by atoms with Gasteiger partial charge < -0.3 is 10.1 Å². The summed E-state index contributed by atoms with van der Waals surface area (Å²) >= 11 is 0. The minimum absolute atomic E-state index is 0.0278. The molecule has 0 aromatic heterocycles. The van der Waals surface area contributed by atoms with Crippen molar-refractivity contribution >= 4 is 6.29 Å². The van der Waals surface area contributed by atoms with Gasteiger partial charge in [-0.25, -0.2) is 0 Å². The lowest BCUT2D eigenvalue weighted by Gasteiger charge is -2.04. The van der Waals surface area contributed by atoms with Gasteiger partial charge >= 0.3 is 0 Å². The largest absolute Gasteiger partial charge is 0.305 e. The van der Waals surface area contributed by atoms with Crippen LogP contribution in [0, 0.1) is 0 Å². The fraction of sp³-hybridized carbons (Fsp3) is 0.800. The third-order valence-electron chi connectivity index (χ3n) is 1.27. The number of hydrogen-bond acceptors (Lipinski definition) is 4. The van der Waals surface area contributed by atoms with E-state index in [0.29, 0.717) is 6.54 Å². The molecular weight excluding hydrogens is 118 g/mol. The van der Waals surface area contributed by atoms with E-state index in [1.165, 1.54) is 0 Å². The molecule has 1 atom stereocenters. The average molecular weight is 129 g/mol. The molecule has 3 N–H and O–H groups in total. The van der Waals surface area contributed by atoms with Gasteiger partial charge in [-0.1, -0.05) is 0 Å². The third kappa shape index (κ3) is 2.09. The fourth-order valence-corrected chi connectivity index (χ4v) is 0.759. The second-order valence-electron chi connectivity index (χ2n) is 2.00. The summed E-state index contributed by atoms with van der Waals surface area (Å²) in [6.07, 6.45) is 0.917. The number of hydrazine groups is 1. The summed E-state index contributed by atoms with van der Waals surface area (Å²) in [6, 6.07) is -0.0278. The molecule has 0 radical (unpaired) electrons. The summed E-state index contributed by atoms with van der Waals surface area (Å²) < 4.78 is 0. The molecule has 1 heterocycles. The molecule has 1 aliphatic rings. The van der Waals surface area contributed by atoms with Crippen molar-refractivity contribution in [3.8, 4) is 0 Å². The molecule has 1 saturated heterocycles. The lowest BCUT2D eigenvalue weighted by molar-refractivity contribution is -0.109. The SMILES string of the molecule is O=CC1CNNCCN1. The van der Waals surface area contributed by atoms with Crippen molar-refractivity contribution in [3.05, 3.63) is 0 Å². The minimum Gasteiger partial charge on any atom is -0.305 e. The smallest absolute Gasteiger partial charge is 0.138 e. The summed E-state index contributed by atoms with van der Waals surface area (Å²) in [7, 11) is 0. The maximum absolute atomic E-state index is 10.2. The highest BCUT2D eigenvalue weighted by Crippen LogP contribution is 1.76. The van der Waals surface area contributed by atoms with Crippen LogP contribution < -0.4 is 16.2 Å². The van der Waals surface area contributed by atoms with Crippen molar-refractivity contribution in [1.29, 1.82) is 0 Å². The number of aldehydes is 1. The Morgan fingerprint density at radius 2 is 2.22 bits per heavy atom. The molecule has 4 nitrogen and oxygen atoms in total. The second kappa shape index (κ2) is 3.55. The van der Waals surface area contributed by atoms with Crippen LogP contribution in [0.5, 0.6) is 0 Å². The maximum atomic E-state index is 10.2. The zero-order valence-corrected chi connectivity index (χ0v) is 5.18. The van der Waals surface area contributed by atoms with Crippen LogP contribution in [-0.2, 0) is 4.79 Å². The molecule has 0 aliphatic carbocycles. The van der Waals surface area contributed by atoms with E-state index in [9.17, 15) is 4.79 Å². The molecule has 0 spiro atoms. The van der Waals surface area contributed by atoms with Crippen LogP contribution in [0.15, 0.2) is 0 Å². The number of carbonyl (C=O) groups excluding carboxylic acids is 1. The Bertz CT molecular complexity index is 88.2. The first kappa shape index (κ1) is 6.67. The number of hydrogen-bond donors (Lipinski definition) is 3. The van der Waals surface area contributed by atoms with E-state index in [2.05, 4.69) is 16.2 Å². The van der Waals surface area contributed by atoms with Crippen LogP contribution in [-0.4, -0.2) is 32.0 Å². The Balaban J connectivity index is 2.26. The van der Waals surface area contributed by atoms with Crippen molar-refractivity contribution in [2.24, 2.45) is 0 Å². The number of nitrogens with one attached hydrogen (secondary N) is 3. The molecule has 4 heteroatoms. The van der Waals surface area contributed by atoms with Gasteiger partial charge in [-0.15, -0.1) is 0 Å². The van der Waals surface area contributed by atoms with Gasteiger partial charge in [-0.05, 0) is 0 Å². The highest BCUT2D eigenvalue weighted by molar-refractivity contribution is 5.57. The third-order valence-corrected chi connectivity index (χ3v) is 1.27. The van der Waals surface area contributed by atoms with E-state index >= 15 is 0 Å². The Morgan fingerprint density at radius 1 is 1.33 bits per heavy atom. The number of carbonyl (C=O) groups is 1. The predicted molar refractivity (Wildman–Crippen MR) is 33.9 cm³/mol. The second-order valence-corrected chi connectivity index (χ2v) is 2.00. The number of rotatable bonds is 1.